The van der Waals surface area contributed by atoms with Crippen LogP contribution in [0.1, 0.15) is 24.8 Å². The molecule has 0 aromatic heterocycles. The van der Waals surface area contributed by atoms with Gasteiger partial charge >= 0.3 is 18.1 Å². The molecule has 1 aliphatic rings. The number of hydrogen-bond donors (Lipinski definition) is 0. The van der Waals surface area contributed by atoms with Gasteiger partial charge in [0.25, 0.3) is 0 Å². The van der Waals surface area contributed by atoms with E-state index in [1.54, 1.807) is 0 Å². The minimum atomic E-state index is -4.53. The molecule has 2 rings (SSSR count). The van der Waals surface area contributed by atoms with Crippen LogP contribution in [0.15, 0.2) is 30.4 Å². The largest absolute Gasteiger partial charge is 0.490 e. The molecule has 0 fully saturated rings. The third-order valence-corrected chi connectivity index (χ3v) is 3.28. The molecule has 0 bridgehead atoms. The Balaban J connectivity index is 2.03. The lowest BCUT2D eigenvalue weighted by Crippen LogP contribution is -2.30. The summed E-state index contributed by atoms with van der Waals surface area (Å²) in [6, 6.07) is 3.78. The van der Waals surface area contributed by atoms with E-state index >= 15 is 0 Å². The average Bonchev–Trinajstić information content (AvgIpc) is 2.49. The van der Waals surface area contributed by atoms with E-state index in [1.807, 2.05) is 0 Å². The van der Waals surface area contributed by atoms with Gasteiger partial charge in [0.05, 0.1) is 12.3 Å². The molecule has 0 amide bonds. The van der Waals surface area contributed by atoms with Gasteiger partial charge in [-0.05, 0) is 13.0 Å². The van der Waals surface area contributed by atoms with E-state index in [9.17, 15) is 22.8 Å². The second kappa shape index (κ2) is 6.94. The summed E-state index contributed by atoms with van der Waals surface area (Å²) >= 11 is 0. The number of halogens is 3. The molecule has 0 N–H and O–H groups in total. The fourth-order valence-electron chi connectivity index (χ4n) is 2.13. The molecule has 24 heavy (non-hydrogen) atoms. The molecule has 1 heterocycles. The first kappa shape index (κ1) is 17.8. The maximum absolute atomic E-state index is 13.0. The number of fused-ring (bicyclic) bond motifs is 1. The van der Waals surface area contributed by atoms with Crippen molar-refractivity contribution in [2.75, 3.05) is 13.2 Å². The Hall–Kier alpha value is -2.51. The molecule has 1 atom stereocenters. The Morgan fingerprint density at radius 1 is 1.38 bits per heavy atom. The lowest BCUT2D eigenvalue weighted by Gasteiger charge is -2.26. The summed E-state index contributed by atoms with van der Waals surface area (Å²) in [6.07, 6.45) is -5.28. The summed E-state index contributed by atoms with van der Waals surface area (Å²) in [4.78, 5) is 22.5. The molecule has 1 aromatic rings. The Morgan fingerprint density at radius 3 is 2.71 bits per heavy atom. The molecule has 0 saturated heterocycles. The van der Waals surface area contributed by atoms with Crippen molar-refractivity contribution in [3.8, 4) is 11.5 Å². The van der Waals surface area contributed by atoms with E-state index < -0.39 is 30.5 Å². The molecule has 130 valence electrons. The summed E-state index contributed by atoms with van der Waals surface area (Å²) in [7, 11) is 0. The van der Waals surface area contributed by atoms with Crippen molar-refractivity contribution >= 4 is 11.9 Å². The molecule has 0 saturated carbocycles. The highest BCUT2D eigenvalue weighted by Gasteiger charge is 2.46. The summed E-state index contributed by atoms with van der Waals surface area (Å²) in [6.45, 7) is 4.86. The highest BCUT2D eigenvalue weighted by Crippen LogP contribution is 2.45. The van der Waals surface area contributed by atoms with Crippen molar-refractivity contribution in [3.05, 3.63) is 35.9 Å². The molecule has 1 unspecified atom stereocenters. The Kier molecular flexibility index (Phi) is 5.16. The Morgan fingerprint density at radius 2 is 2.08 bits per heavy atom. The third-order valence-electron chi connectivity index (χ3n) is 3.28. The van der Waals surface area contributed by atoms with E-state index in [0.29, 0.717) is 0 Å². The molecular weight excluding hydrogens is 329 g/mol. The zero-order chi connectivity index (χ0) is 17.9. The first-order chi connectivity index (χ1) is 11.2. The predicted molar refractivity (Wildman–Crippen MR) is 76.8 cm³/mol. The molecule has 1 aromatic carbocycles. The highest BCUT2D eigenvalue weighted by atomic mass is 19.4. The summed E-state index contributed by atoms with van der Waals surface area (Å²) in [5.74, 6) is -3.37. The third kappa shape index (κ3) is 4.27. The predicted octanol–water partition coefficient (Wildman–Crippen LogP) is 3.14. The molecule has 0 aliphatic carbocycles. The van der Waals surface area contributed by atoms with Crippen molar-refractivity contribution in [3.63, 3.8) is 0 Å². The molecule has 1 aliphatic heterocycles. The van der Waals surface area contributed by atoms with Gasteiger partial charge in [0.15, 0.2) is 0 Å². The monoisotopic (exact) mass is 344 g/mol. The zero-order valence-electron chi connectivity index (χ0n) is 12.8. The van der Waals surface area contributed by atoms with E-state index in [0.717, 1.165) is 0 Å². The first-order valence-corrected chi connectivity index (χ1v) is 7.05. The fraction of sp³-hybridized carbons (Fsp3) is 0.375. The van der Waals surface area contributed by atoms with Gasteiger partial charge in [0.2, 0.25) is 0 Å². The number of esters is 2. The van der Waals surface area contributed by atoms with Crippen LogP contribution >= 0.6 is 0 Å². The number of benzene rings is 1. The van der Waals surface area contributed by atoms with E-state index in [4.69, 9.17) is 14.2 Å². The lowest BCUT2D eigenvalue weighted by molar-refractivity contribution is -0.165. The first-order valence-electron chi connectivity index (χ1n) is 7.05. The van der Waals surface area contributed by atoms with E-state index in [2.05, 4.69) is 6.58 Å². The number of carbonyl (C=O) groups is 2. The smallest absolute Gasteiger partial charge is 0.396 e. The second-order valence-electron chi connectivity index (χ2n) is 5.24. The van der Waals surface area contributed by atoms with Crippen molar-refractivity contribution in [2.45, 2.75) is 25.4 Å². The Labute approximate surface area is 136 Å². The molecule has 8 heteroatoms. The summed E-state index contributed by atoms with van der Waals surface area (Å²) in [5, 5.41) is 0. The quantitative estimate of drug-likeness (QED) is 0.355. The van der Waals surface area contributed by atoms with Crippen molar-refractivity contribution in [1.29, 1.82) is 0 Å². The maximum atomic E-state index is 13.0. The second-order valence-corrected chi connectivity index (χ2v) is 5.24. The van der Waals surface area contributed by atoms with Gasteiger partial charge in [0, 0.05) is 17.2 Å². The van der Waals surface area contributed by atoms with Crippen molar-refractivity contribution < 1.29 is 37.0 Å². The topological polar surface area (TPSA) is 61.8 Å². The van der Waals surface area contributed by atoms with Gasteiger partial charge in [-0.25, -0.2) is 4.79 Å². The minimum Gasteiger partial charge on any atom is -0.490 e. The van der Waals surface area contributed by atoms with Crippen LogP contribution in [0.5, 0.6) is 11.5 Å². The standard InChI is InChI=1S/C16H15F3O5/c1-9(2)15(21)23-6-5-22-10-3-4-11-12(16(17,18)19)8-14(20)24-13(11)7-10/h3-4,7,12H,1,5-6,8H2,2H3. The van der Waals surface area contributed by atoms with E-state index in [1.165, 1.54) is 25.1 Å². The van der Waals surface area contributed by atoms with Crippen LogP contribution in [-0.4, -0.2) is 31.3 Å². The Bertz CT molecular complexity index is 666. The van der Waals surface area contributed by atoms with Gasteiger partial charge in [-0.1, -0.05) is 12.6 Å². The molecule has 0 spiro atoms. The van der Waals surface area contributed by atoms with Crippen molar-refractivity contribution in [1.82, 2.24) is 0 Å². The lowest BCUT2D eigenvalue weighted by atomic mass is 9.92. The van der Waals surface area contributed by atoms with Crippen LogP contribution in [0, 0.1) is 0 Å². The number of alkyl halides is 3. The number of rotatable bonds is 5. The normalized spacial score (nSPS) is 16.8. The molecule has 0 radical (unpaired) electrons. The van der Waals surface area contributed by atoms with E-state index in [-0.39, 0.29) is 35.8 Å². The van der Waals surface area contributed by atoms with Crippen LogP contribution in [0.3, 0.4) is 0 Å². The van der Waals surface area contributed by atoms with Gasteiger partial charge in [-0.2, -0.15) is 13.2 Å². The SMILES string of the molecule is C=C(C)C(=O)OCCOc1ccc2c(c1)OC(=O)CC2C(F)(F)F. The molecule has 5 nitrogen and oxygen atoms in total. The van der Waals surface area contributed by atoms with Crippen LogP contribution in [0.4, 0.5) is 13.2 Å². The molecular formula is C16H15F3O5. The minimum absolute atomic E-state index is 0.00550. The van der Waals surface area contributed by atoms with Gasteiger partial charge in [0.1, 0.15) is 24.7 Å². The fourth-order valence-corrected chi connectivity index (χ4v) is 2.13. The average molecular weight is 344 g/mol. The van der Waals surface area contributed by atoms with Gasteiger partial charge < -0.3 is 14.2 Å². The maximum Gasteiger partial charge on any atom is 0.396 e. The number of carbonyl (C=O) groups excluding carboxylic acids is 2. The van der Waals surface area contributed by atoms with Crippen LogP contribution in [0.25, 0.3) is 0 Å². The van der Waals surface area contributed by atoms with Crippen LogP contribution < -0.4 is 9.47 Å². The van der Waals surface area contributed by atoms with Gasteiger partial charge in [-0.15, -0.1) is 0 Å². The van der Waals surface area contributed by atoms with Crippen LogP contribution in [-0.2, 0) is 14.3 Å². The van der Waals surface area contributed by atoms with Crippen LogP contribution in [0.2, 0.25) is 0 Å². The number of hydrogen-bond acceptors (Lipinski definition) is 5. The summed E-state index contributed by atoms with van der Waals surface area (Å²) in [5.41, 5.74) is 0.136. The zero-order valence-corrected chi connectivity index (χ0v) is 12.8. The highest BCUT2D eigenvalue weighted by molar-refractivity contribution is 5.86. The van der Waals surface area contributed by atoms with Crippen molar-refractivity contribution in [2.24, 2.45) is 0 Å². The number of ether oxygens (including phenoxy) is 3. The van der Waals surface area contributed by atoms with Gasteiger partial charge in [-0.3, -0.25) is 4.79 Å². The summed E-state index contributed by atoms with van der Waals surface area (Å²) < 4.78 is 53.9.